The Morgan fingerprint density at radius 3 is 2.71 bits per heavy atom. The quantitative estimate of drug-likeness (QED) is 0.568. The zero-order chi connectivity index (χ0) is 22.0. The lowest BCUT2D eigenvalue weighted by molar-refractivity contribution is 0.146. The normalized spacial score (nSPS) is 17.2. The first-order chi connectivity index (χ1) is 15.0. The van der Waals surface area contributed by atoms with Gasteiger partial charge in [0.05, 0.1) is 36.1 Å². The van der Waals surface area contributed by atoms with Gasteiger partial charge in [-0.1, -0.05) is 18.2 Å². The summed E-state index contributed by atoms with van der Waals surface area (Å²) in [4.78, 5) is 0. The number of nitrogens with one attached hydrogen (secondary N) is 2. The summed E-state index contributed by atoms with van der Waals surface area (Å²) in [5.41, 5.74) is 0.670. The summed E-state index contributed by atoms with van der Waals surface area (Å²) in [6.07, 6.45) is -0.450. The molecule has 2 aromatic carbocycles. The molecule has 1 aliphatic heterocycles. The van der Waals surface area contributed by atoms with Crippen molar-refractivity contribution in [1.29, 1.82) is 0 Å². The van der Waals surface area contributed by atoms with Crippen molar-refractivity contribution in [2.45, 2.75) is 31.9 Å². The first-order valence-electron chi connectivity index (χ1n) is 10.0. The van der Waals surface area contributed by atoms with Crippen LogP contribution >= 0.6 is 0 Å². The molecule has 0 unspecified atom stereocenters. The Kier molecular flexibility index (Phi) is 6.13. The van der Waals surface area contributed by atoms with Gasteiger partial charge >= 0.3 is 0 Å². The number of rotatable bonds is 7. The molecule has 2 N–H and O–H groups in total. The zero-order valence-corrected chi connectivity index (χ0v) is 17.2. The van der Waals surface area contributed by atoms with Crippen molar-refractivity contribution in [1.82, 2.24) is 15.5 Å². The van der Waals surface area contributed by atoms with E-state index in [1.165, 1.54) is 18.3 Å². The average molecular weight is 432 g/mol. The SMILES string of the molecule is COc1cc2nncc(N[C@H](C)c3cccc(C(F)F)c3F)c2cc1O[C@H]1CCNC1. The number of fused-ring (bicyclic) bond motifs is 1. The molecule has 4 rings (SSSR count). The largest absolute Gasteiger partial charge is 0.493 e. The zero-order valence-electron chi connectivity index (χ0n) is 17.2. The van der Waals surface area contributed by atoms with Gasteiger partial charge in [-0.15, -0.1) is 0 Å². The van der Waals surface area contributed by atoms with E-state index in [9.17, 15) is 13.2 Å². The molecule has 0 bridgehead atoms. The van der Waals surface area contributed by atoms with Crippen LogP contribution in [-0.4, -0.2) is 36.5 Å². The summed E-state index contributed by atoms with van der Waals surface area (Å²) in [6, 6.07) is 6.95. The van der Waals surface area contributed by atoms with Crippen molar-refractivity contribution < 1.29 is 22.6 Å². The summed E-state index contributed by atoms with van der Waals surface area (Å²) in [5, 5.41) is 15.3. The van der Waals surface area contributed by atoms with Gasteiger partial charge in [0, 0.05) is 23.6 Å². The van der Waals surface area contributed by atoms with Crippen molar-refractivity contribution in [2.24, 2.45) is 0 Å². The third-order valence-corrected chi connectivity index (χ3v) is 5.37. The van der Waals surface area contributed by atoms with Crippen LogP contribution in [0.5, 0.6) is 11.5 Å². The summed E-state index contributed by atoms with van der Waals surface area (Å²) in [7, 11) is 1.55. The van der Waals surface area contributed by atoms with Crippen molar-refractivity contribution >= 4 is 16.6 Å². The molecule has 164 valence electrons. The lowest BCUT2D eigenvalue weighted by Crippen LogP contribution is -2.19. The maximum atomic E-state index is 14.6. The predicted octanol–water partition coefficient (Wildman–Crippen LogP) is 4.63. The first-order valence-corrected chi connectivity index (χ1v) is 10.0. The minimum atomic E-state index is -2.88. The van der Waals surface area contributed by atoms with Crippen molar-refractivity contribution in [3.05, 3.63) is 53.5 Å². The second-order valence-corrected chi connectivity index (χ2v) is 7.43. The molecule has 2 heterocycles. The Bertz CT molecular complexity index is 1070. The number of halogens is 3. The third kappa shape index (κ3) is 4.36. The third-order valence-electron chi connectivity index (χ3n) is 5.37. The van der Waals surface area contributed by atoms with E-state index in [1.54, 1.807) is 20.1 Å². The fraction of sp³-hybridized carbons (Fsp3) is 0.364. The number of hydrogen-bond acceptors (Lipinski definition) is 6. The first kappa shape index (κ1) is 21.2. The standard InChI is InChI=1S/C22H23F3N4O2/c1-12(14-4-3-5-15(21(14)23)22(24)25)28-18-11-27-29-17-9-19(30-2)20(8-16(17)18)31-13-6-7-26-10-13/h3-5,8-9,11-13,22,26H,6-7,10H2,1-2H3,(H,28,29)/t12-,13+/m1/s1. The number of anilines is 1. The highest BCUT2D eigenvalue weighted by Crippen LogP contribution is 2.37. The fourth-order valence-corrected chi connectivity index (χ4v) is 3.72. The van der Waals surface area contributed by atoms with Crippen molar-refractivity contribution in [3.8, 4) is 11.5 Å². The van der Waals surface area contributed by atoms with Crippen LogP contribution in [0.4, 0.5) is 18.9 Å². The van der Waals surface area contributed by atoms with E-state index in [4.69, 9.17) is 9.47 Å². The van der Waals surface area contributed by atoms with Crippen LogP contribution in [0.2, 0.25) is 0 Å². The minimum absolute atomic E-state index is 0.0302. The molecular formula is C22H23F3N4O2. The highest BCUT2D eigenvalue weighted by Gasteiger charge is 2.22. The van der Waals surface area contributed by atoms with Crippen LogP contribution in [0.3, 0.4) is 0 Å². The van der Waals surface area contributed by atoms with E-state index in [0.29, 0.717) is 28.1 Å². The Labute approximate surface area is 177 Å². The highest BCUT2D eigenvalue weighted by atomic mass is 19.3. The fourth-order valence-electron chi connectivity index (χ4n) is 3.72. The van der Waals surface area contributed by atoms with E-state index in [2.05, 4.69) is 20.8 Å². The summed E-state index contributed by atoms with van der Waals surface area (Å²) >= 11 is 0. The summed E-state index contributed by atoms with van der Waals surface area (Å²) < 4.78 is 52.3. The van der Waals surface area contributed by atoms with Gasteiger partial charge in [0.15, 0.2) is 11.5 Å². The molecule has 1 saturated heterocycles. The minimum Gasteiger partial charge on any atom is -0.493 e. The molecule has 1 aromatic heterocycles. The molecular weight excluding hydrogens is 409 g/mol. The Hall–Kier alpha value is -3.07. The topological polar surface area (TPSA) is 68.3 Å². The molecule has 6 nitrogen and oxygen atoms in total. The van der Waals surface area contributed by atoms with Gasteiger partial charge in [-0.05, 0) is 26.0 Å². The number of methoxy groups -OCH3 is 1. The van der Waals surface area contributed by atoms with E-state index in [-0.39, 0.29) is 11.7 Å². The van der Waals surface area contributed by atoms with Crippen LogP contribution in [0.15, 0.2) is 36.5 Å². The average Bonchev–Trinajstić information content (AvgIpc) is 3.26. The van der Waals surface area contributed by atoms with Crippen LogP contribution in [-0.2, 0) is 0 Å². The molecule has 2 atom stereocenters. The maximum Gasteiger partial charge on any atom is 0.266 e. The second kappa shape index (κ2) is 8.97. The Morgan fingerprint density at radius 2 is 2.00 bits per heavy atom. The predicted molar refractivity (Wildman–Crippen MR) is 111 cm³/mol. The molecule has 31 heavy (non-hydrogen) atoms. The molecule has 9 heteroatoms. The van der Waals surface area contributed by atoms with Gasteiger partial charge in [-0.3, -0.25) is 0 Å². The monoisotopic (exact) mass is 432 g/mol. The number of aromatic nitrogens is 2. The van der Waals surface area contributed by atoms with Gasteiger partial charge in [-0.25, -0.2) is 13.2 Å². The molecule has 0 amide bonds. The number of hydrogen-bond donors (Lipinski definition) is 2. The molecule has 1 aliphatic rings. The van der Waals surface area contributed by atoms with Gasteiger partial charge in [0.25, 0.3) is 6.43 Å². The molecule has 1 fully saturated rings. The van der Waals surface area contributed by atoms with Crippen LogP contribution in [0.25, 0.3) is 10.9 Å². The highest BCUT2D eigenvalue weighted by molar-refractivity contribution is 5.93. The van der Waals surface area contributed by atoms with E-state index < -0.39 is 23.8 Å². The summed E-state index contributed by atoms with van der Waals surface area (Å²) in [5.74, 6) is 0.191. The lowest BCUT2D eigenvalue weighted by Gasteiger charge is -2.20. The second-order valence-electron chi connectivity index (χ2n) is 7.43. The maximum absolute atomic E-state index is 14.6. The number of ether oxygens (including phenoxy) is 2. The van der Waals surface area contributed by atoms with Crippen LogP contribution < -0.4 is 20.1 Å². The lowest BCUT2D eigenvalue weighted by atomic mass is 10.0. The number of alkyl halides is 2. The van der Waals surface area contributed by atoms with Gasteiger partial charge in [0.2, 0.25) is 0 Å². The number of benzene rings is 2. The molecule has 3 aromatic rings. The molecule has 0 saturated carbocycles. The summed E-state index contributed by atoms with van der Waals surface area (Å²) in [6.45, 7) is 3.34. The molecule has 0 radical (unpaired) electrons. The van der Waals surface area contributed by atoms with Gasteiger partial charge in [-0.2, -0.15) is 10.2 Å². The van der Waals surface area contributed by atoms with E-state index >= 15 is 0 Å². The van der Waals surface area contributed by atoms with Gasteiger partial charge < -0.3 is 20.1 Å². The van der Waals surface area contributed by atoms with Crippen LogP contribution in [0.1, 0.15) is 36.9 Å². The molecule has 0 aliphatic carbocycles. The van der Waals surface area contributed by atoms with Crippen LogP contribution in [0, 0.1) is 5.82 Å². The molecule has 0 spiro atoms. The smallest absolute Gasteiger partial charge is 0.266 e. The van der Waals surface area contributed by atoms with E-state index in [1.807, 2.05) is 6.07 Å². The van der Waals surface area contributed by atoms with Crippen molar-refractivity contribution in [2.75, 3.05) is 25.5 Å². The number of nitrogens with zero attached hydrogens (tertiary/aromatic N) is 2. The van der Waals surface area contributed by atoms with E-state index in [0.717, 1.165) is 25.6 Å². The van der Waals surface area contributed by atoms with Crippen molar-refractivity contribution in [3.63, 3.8) is 0 Å². The Balaban J connectivity index is 1.68. The Morgan fingerprint density at radius 1 is 1.19 bits per heavy atom. The van der Waals surface area contributed by atoms with Gasteiger partial charge in [0.1, 0.15) is 11.9 Å².